The molecule has 1 amide bonds. The van der Waals surface area contributed by atoms with E-state index in [1.165, 1.54) is 23.3 Å². The van der Waals surface area contributed by atoms with Crippen LogP contribution in [0, 0.1) is 18.7 Å². The van der Waals surface area contributed by atoms with E-state index in [1.807, 2.05) is 0 Å². The number of benzene rings is 2. The van der Waals surface area contributed by atoms with Crippen LogP contribution in [0.15, 0.2) is 42.5 Å². The summed E-state index contributed by atoms with van der Waals surface area (Å²) in [6.45, 7) is 6.36. The van der Waals surface area contributed by atoms with Gasteiger partial charge in [-0.2, -0.15) is 0 Å². The van der Waals surface area contributed by atoms with Crippen molar-refractivity contribution in [1.29, 1.82) is 0 Å². The predicted molar refractivity (Wildman–Crippen MR) is 89.0 cm³/mol. The van der Waals surface area contributed by atoms with Crippen LogP contribution in [0.1, 0.15) is 37.0 Å². The van der Waals surface area contributed by atoms with Gasteiger partial charge in [-0.1, -0.05) is 43.7 Å². The first-order valence-electron chi connectivity index (χ1n) is 8.10. The number of rotatable bonds is 2. The third-order valence-electron chi connectivity index (χ3n) is 5.81. The van der Waals surface area contributed by atoms with Crippen molar-refractivity contribution in [1.82, 2.24) is 0 Å². The molecule has 2 atom stereocenters. The van der Waals surface area contributed by atoms with Crippen molar-refractivity contribution in [3.63, 3.8) is 0 Å². The quantitative estimate of drug-likeness (QED) is 0.879. The normalized spacial score (nSPS) is 28.1. The van der Waals surface area contributed by atoms with Gasteiger partial charge in [0.1, 0.15) is 5.82 Å². The number of hydrogen-bond donors (Lipinski definition) is 1. The third kappa shape index (κ3) is 1.65. The van der Waals surface area contributed by atoms with Crippen LogP contribution >= 0.6 is 0 Å². The second kappa shape index (κ2) is 4.44. The van der Waals surface area contributed by atoms with Crippen LogP contribution in [0.3, 0.4) is 0 Å². The molecule has 2 nitrogen and oxygen atoms in total. The molecule has 1 N–H and O–H groups in total. The monoisotopic (exact) mass is 309 g/mol. The topological polar surface area (TPSA) is 29.1 Å². The van der Waals surface area contributed by atoms with E-state index in [1.54, 1.807) is 6.07 Å². The van der Waals surface area contributed by atoms with Crippen LogP contribution in [0.4, 0.5) is 10.1 Å². The summed E-state index contributed by atoms with van der Waals surface area (Å²) in [5.41, 5.74) is 3.05. The zero-order chi connectivity index (χ0) is 16.4. The second-order valence-electron chi connectivity index (χ2n) is 7.22. The van der Waals surface area contributed by atoms with Gasteiger partial charge in [0.05, 0.1) is 5.41 Å². The fourth-order valence-electron chi connectivity index (χ4n) is 4.55. The summed E-state index contributed by atoms with van der Waals surface area (Å²) in [4.78, 5) is 12.9. The Morgan fingerprint density at radius 2 is 1.83 bits per heavy atom. The lowest BCUT2D eigenvalue weighted by molar-refractivity contribution is -0.118. The highest BCUT2D eigenvalue weighted by atomic mass is 19.1. The number of anilines is 1. The van der Waals surface area contributed by atoms with E-state index < -0.39 is 5.41 Å². The van der Waals surface area contributed by atoms with E-state index in [9.17, 15) is 9.18 Å². The maximum atomic E-state index is 13.8. The summed E-state index contributed by atoms with van der Waals surface area (Å²) in [5.74, 6) is 0.00522. The van der Waals surface area contributed by atoms with Gasteiger partial charge in [-0.25, -0.2) is 4.39 Å². The van der Waals surface area contributed by atoms with Crippen molar-refractivity contribution >= 4 is 11.6 Å². The van der Waals surface area contributed by atoms with Crippen molar-refractivity contribution in [2.45, 2.75) is 38.0 Å². The smallest absolute Gasteiger partial charge is 0.236 e. The van der Waals surface area contributed by atoms with Gasteiger partial charge in [-0.15, -0.1) is 0 Å². The first-order valence-corrected chi connectivity index (χ1v) is 8.10. The summed E-state index contributed by atoms with van der Waals surface area (Å²) in [6, 6.07) is 13.0. The minimum Gasteiger partial charge on any atom is -0.325 e. The van der Waals surface area contributed by atoms with E-state index in [2.05, 4.69) is 50.4 Å². The van der Waals surface area contributed by atoms with Crippen LogP contribution in [-0.4, -0.2) is 5.91 Å². The molecule has 1 aliphatic heterocycles. The average Bonchev–Trinajstić information content (AvgIpc) is 3.15. The van der Waals surface area contributed by atoms with Gasteiger partial charge in [0, 0.05) is 11.1 Å². The lowest BCUT2D eigenvalue weighted by Crippen LogP contribution is -2.33. The fourth-order valence-corrected chi connectivity index (χ4v) is 4.55. The Labute approximate surface area is 135 Å². The number of carbonyl (C=O) groups excluding carboxylic acids is 1. The molecule has 3 heteroatoms. The number of fused-ring (bicyclic) bond motifs is 2. The number of nitrogens with one attached hydrogen (secondary N) is 1. The van der Waals surface area contributed by atoms with Gasteiger partial charge in [0.25, 0.3) is 0 Å². The minimum absolute atomic E-state index is 0.00683. The highest BCUT2D eigenvalue weighted by Gasteiger charge is 2.76. The maximum absolute atomic E-state index is 13.8. The van der Waals surface area contributed by atoms with Crippen LogP contribution in [0.5, 0.6) is 0 Å². The Kier molecular flexibility index (Phi) is 2.78. The predicted octanol–water partition coefficient (Wildman–Crippen LogP) is 4.32. The highest BCUT2D eigenvalue weighted by molar-refractivity contribution is 6.10. The third-order valence-corrected chi connectivity index (χ3v) is 5.81. The van der Waals surface area contributed by atoms with Crippen molar-refractivity contribution in [3.8, 4) is 0 Å². The molecule has 1 saturated carbocycles. The molecule has 2 aromatic rings. The standard InChI is InChI=1S/C20H20FNO/c1-12(2)19(14-6-4-13(3)5-7-14)11-20(19)16-10-15(21)8-9-17(16)22-18(20)23/h4-10,12H,11H2,1-3H3,(H,22,23)/t19-,20-/m1/s1. The molecule has 0 radical (unpaired) electrons. The Bertz CT molecular complexity index is 811. The molecule has 0 saturated heterocycles. The van der Waals surface area contributed by atoms with Crippen LogP contribution in [0.25, 0.3) is 0 Å². The van der Waals surface area contributed by atoms with Crippen LogP contribution in [-0.2, 0) is 15.6 Å². The fraction of sp³-hybridized carbons (Fsp3) is 0.350. The lowest BCUT2D eigenvalue weighted by atomic mass is 9.75. The molecule has 2 aliphatic rings. The number of halogens is 1. The molecular weight excluding hydrogens is 289 g/mol. The van der Waals surface area contributed by atoms with Gasteiger partial charge >= 0.3 is 0 Å². The summed E-state index contributed by atoms with van der Waals surface area (Å²) < 4.78 is 13.8. The van der Waals surface area contributed by atoms with E-state index in [0.717, 1.165) is 17.7 Å². The molecule has 1 aliphatic carbocycles. The SMILES string of the molecule is Cc1ccc([C@]2(C(C)C)C[C@@]23C(=O)Nc2ccc(F)cc23)cc1. The molecule has 1 fully saturated rings. The zero-order valence-corrected chi connectivity index (χ0v) is 13.6. The summed E-state index contributed by atoms with van der Waals surface area (Å²) >= 11 is 0. The van der Waals surface area contributed by atoms with E-state index in [0.29, 0.717) is 0 Å². The van der Waals surface area contributed by atoms with Gasteiger partial charge in [-0.3, -0.25) is 4.79 Å². The lowest BCUT2D eigenvalue weighted by Gasteiger charge is -2.26. The van der Waals surface area contributed by atoms with Crippen molar-refractivity contribution < 1.29 is 9.18 Å². The van der Waals surface area contributed by atoms with Crippen LogP contribution < -0.4 is 5.32 Å². The molecule has 1 spiro atoms. The summed E-state index contributed by atoms with van der Waals surface area (Å²) in [5, 5.41) is 2.96. The summed E-state index contributed by atoms with van der Waals surface area (Å²) in [6.07, 6.45) is 0.739. The largest absolute Gasteiger partial charge is 0.325 e. The molecule has 0 aromatic heterocycles. The molecule has 0 bridgehead atoms. The van der Waals surface area contributed by atoms with Crippen molar-refractivity contribution in [3.05, 3.63) is 65.0 Å². The minimum atomic E-state index is -0.631. The Hall–Kier alpha value is -2.16. The number of carbonyl (C=O) groups is 1. The van der Waals surface area contributed by atoms with E-state index in [4.69, 9.17) is 0 Å². The van der Waals surface area contributed by atoms with E-state index in [-0.39, 0.29) is 23.1 Å². The number of amides is 1. The highest BCUT2D eigenvalue weighted by Crippen LogP contribution is 2.72. The number of aryl methyl sites for hydroxylation is 1. The zero-order valence-electron chi connectivity index (χ0n) is 13.6. The number of hydrogen-bond acceptors (Lipinski definition) is 1. The van der Waals surface area contributed by atoms with Gasteiger partial charge < -0.3 is 5.32 Å². The Morgan fingerprint density at radius 3 is 2.48 bits per heavy atom. The van der Waals surface area contributed by atoms with Crippen molar-refractivity contribution in [2.24, 2.45) is 5.92 Å². The molecular formula is C20H20FNO. The molecule has 23 heavy (non-hydrogen) atoms. The molecule has 4 rings (SSSR count). The maximum Gasteiger partial charge on any atom is 0.236 e. The van der Waals surface area contributed by atoms with E-state index >= 15 is 0 Å². The molecule has 1 heterocycles. The Balaban J connectivity index is 1.92. The first kappa shape index (κ1) is 14.4. The Morgan fingerprint density at radius 1 is 1.13 bits per heavy atom. The van der Waals surface area contributed by atoms with Crippen LogP contribution in [0.2, 0.25) is 0 Å². The van der Waals surface area contributed by atoms with Gasteiger partial charge in [-0.05, 0) is 48.6 Å². The van der Waals surface area contributed by atoms with Crippen molar-refractivity contribution in [2.75, 3.05) is 5.32 Å². The molecule has 2 aromatic carbocycles. The average molecular weight is 309 g/mol. The van der Waals surface area contributed by atoms with Gasteiger partial charge in [0.2, 0.25) is 5.91 Å². The summed E-state index contributed by atoms with van der Waals surface area (Å²) in [7, 11) is 0. The second-order valence-corrected chi connectivity index (χ2v) is 7.22. The molecule has 0 unspecified atom stereocenters. The van der Waals surface area contributed by atoms with Gasteiger partial charge in [0.15, 0.2) is 0 Å². The molecule has 118 valence electrons. The first-order chi connectivity index (χ1) is 10.9.